The molecular formula is C25H29ClF2N4O4. The molecule has 2 aromatic rings. The Morgan fingerprint density at radius 3 is 2.33 bits per heavy atom. The Balaban J connectivity index is 1.17. The number of rotatable bonds is 10. The van der Waals surface area contributed by atoms with Crippen molar-refractivity contribution in [2.45, 2.75) is 38.5 Å². The fourth-order valence-electron chi connectivity index (χ4n) is 4.70. The lowest BCUT2D eigenvalue weighted by atomic mass is 9.92. The van der Waals surface area contributed by atoms with Crippen molar-refractivity contribution in [3.05, 3.63) is 46.7 Å². The molecule has 8 nitrogen and oxygen atoms in total. The Labute approximate surface area is 213 Å². The van der Waals surface area contributed by atoms with Gasteiger partial charge in [-0.2, -0.15) is 0 Å². The number of benzene rings is 1. The zero-order valence-corrected chi connectivity index (χ0v) is 20.6. The maximum atomic E-state index is 14.5. The first-order valence-electron chi connectivity index (χ1n) is 12.1. The molecule has 1 N–H and O–H groups in total. The van der Waals surface area contributed by atoms with Gasteiger partial charge in [0.05, 0.1) is 36.9 Å². The average Bonchev–Trinajstić information content (AvgIpc) is 2.82. The summed E-state index contributed by atoms with van der Waals surface area (Å²) in [5.41, 5.74) is -0.300. The third-order valence-corrected chi connectivity index (χ3v) is 6.94. The quantitative estimate of drug-likeness (QED) is 0.472. The smallest absolute Gasteiger partial charge is 0.303 e. The van der Waals surface area contributed by atoms with E-state index in [1.807, 2.05) is 0 Å². The first kappa shape index (κ1) is 26.1. The predicted molar refractivity (Wildman–Crippen MR) is 129 cm³/mol. The van der Waals surface area contributed by atoms with Crippen LogP contribution in [0.15, 0.2) is 24.5 Å². The number of amides is 1. The van der Waals surface area contributed by atoms with Gasteiger partial charge in [-0.3, -0.25) is 9.59 Å². The van der Waals surface area contributed by atoms with Gasteiger partial charge in [-0.15, -0.1) is 0 Å². The van der Waals surface area contributed by atoms with Gasteiger partial charge >= 0.3 is 5.97 Å². The van der Waals surface area contributed by atoms with Crippen molar-refractivity contribution in [3.8, 4) is 5.75 Å². The summed E-state index contributed by atoms with van der Waals surface area (Å²) in [7, 11) is 0. The minimum absolute atomic E-state index is 0.0178. The van der Waals surface area contributed by atoms with Crippen molar-refractivity contribution in [2.24, 2.45) is 11.8 Å². The maximum absolute atomic E-state index is 14.5. The van der Waals surface area contributed by atoms with Gasteiger partial charge in [0, 0.05) is 49.8 Å². The number of nitrogens with zero attached hydrogens (tertiary/aromatic N) is 4. The minimum Gasteiger partial charge on any atom is -0.493 e. The van der Waals surface area contributed by atoms with Gasteiger partial charge in [0.1, 0.15) is 17.4 Å². The van der Waals surface area contributed by atoms with Gasteiger partial charge in [-0.1, -0.05) is 11.6 Å². The zero-order chi connectivity index (χ0) is 25.7. The number of carboxylic acid groups (broad SMARTS) is 1. The van der Waals surface area contributed by atoms with E-state index < -0.39 is 29.9 Å². The summed E-state index contributed by atoms with van der Waals surface area (Å²) in [4.78, 5) is 35.1. The molecule has 4 rings (SSSR count). The Bertz CT molecular complexity index is 1050. The van der Waals surface area contributed by atoms with Gasteiger partial charge < -0.3 is 19.6 Å². The second-order valence-corrected chi connectivity index (χ2v) is 9.86. The molecule has 2 saturated heterocycles. The van der Waals surface area contributed by atoms with Crippen LogP contribution in [0.2, 0.25) is 5.02 Å². The number of ether oxygens (including phenoxy) is 1. The van der Waals surface area contributed by atoms with E-state index in [1.54, 1.807) is 12.4 Å². The second kappa shape index (κ2) is 11.8. The number of hydrogen-bond donors (Lipinski definition) is 1. The Kier molecular flexibility index (Phi) is 8.56. The van der Waals surface area contributed by atoms with Crippen LogP contribution in [-0.2, 0) is 16.0 Å². The fourth-order valence-corrected chi connectivity index (χ4v) is 4.79. The van der Waals surface area contributed by atoms with Gasteiger partial charge in [0.2, 0.25) is 11.9 Å². The molecule has 0 atom stereocenters. The number of halogens is 3. The molecule has 3 heterocycles. The highest BCUT2D eigenvalue weighted by atomic mass is 35.5. The number of aliphatic carboxylic acids is 1. The number of carbonyl (C=O) groups excluding carboxylic acids is 1. The van der Waals surface area contributed by atoms with Gasteiger partial charge in [-0.05, 0) is 31.6 Å². The van der Waals surface area contributed by atoms with E-state index >= 15 is 0 Å². The largest absolute Gasteiger partial charge is 0.493 e. The topological polar surface area (TPSA) is 95.9 Å². The first-order valence-corrected chi connectivity index (χ1v) is 12.5. The standard InChI is InChI=1S/C25H29ClF2N4O4/c26-18-12-29-25(30-13-18)31-5-3-16(4-6-31)2-1-7-36-19-9-21(27)20(22(28)10-19)11-23(33)32-14-17(15-32)8-24(34)35/h9-10,12-13,16-17H,1-8,11,14-15H2,(H,34,35). The number of hydrogen-bond acceptors (Lipinski definition) is 6. The molecule has 0 spiro atoms. The molecule has 2 aliphatic heterocycles. The van der Waals surface area contributed by atoms with Crippen LogP contribution in [0.3, 0.4) is 0 Å². The normalized spacial score (nSPS) is 16.6. The lowest BCUT2D eigenvalue weighted by Gasteiger charge is -2.38. The van der Waals surface area contributed by atoms with Gasteiger partial charge in [0.25, 0.3) is 0 Å². The molecule has 1 aromatic heterocycles. The summed E-state index contributed by atoms with van der Waals surface area (Å²) < 4.78 is 34.6. The molecule has 0 aliphatic carbocycles. The fraction of sp³-hybridized carbons (Fsp3) is 0.520. The van der Waals surface area contributed by atoms with Crippen molar-refractivity contribution < 1.29 is 28.2 Å². The number of aromatic nitrogens is 2. The van der Waals surface area contributed by atoms with Crippen LogP contribution in [-0.4, -0.2) is 64.6 Å². The third kappa shape index (κ3) is 6.81. The molecule has 2 fully saturated rings. The Morgan fingerprint density at radius 2 is 1.72 bits per heavy atom. The molecule has 1 amide bonds. The molecule has 0 saturated carbocycles. The van der Waals surface area contributed by atoms with Crippen molar-refractivity contribution in [3.63, 3.8) is 0 Å². The van der Waals surface area contributed by atoms with E-state index in [0.29, 0.717) is 36.6 Å². The van der Waals surface area contributed by atoms with Crippen LogP contribution in [0.5, 0.6) is 5.75 Å². The number of piperidine rings is 1. The highest BCUT2D eigenvalue weighted by Crippen LogP contribution is 2.27. The summed E-state index contributed by atoms with van der Waals surface area (Å²) >= 11 is 5.84. The lowest BCUT2D eigenvalue weighted by molar-refractivity contribution is -0.144. The van der Waals surface area contributed by atoms with Crippen molar-refractivity contribution >= 4 is 29.4 Å². The van der Waals surface area contributed by atoms with E-state index in [-0.39, 0.29) is 23.7 Å². The average molecular weight is 523 g/mol. The van der Waals surface area contributed by atoms with Crippen molar-refractivity contribution in [2.75, 3.05) is 37.7 Å². The molecule has 194 valence electrons. The number of carbonyl (C=O) groups is 2. The molecule has 0 unspecified atom stereocenters. The van der Waals surface area contributed by atoms with Crippen molar-refractivity contribution in [1.29, 1.82) is 0 Å². The monoisotopic (exact) mass is 522 g/mol. The van der Waals surface area contributed by atoms with E-state index in [0.717, 1.165) is 50.9 Å². The highest BCUT2D eigenvalue weighted by molar-refractivity contribution is 6.30. The molecule has 11 heteroatoms. The summed E-state index contributed by atoms with van der Waals surface area (Å²) in [6.07, 6.45) is 6.49. The van der Waals surface area contributed by atoms with E-state index in [9.17, 15) is 18.4 Å². The summed E-state index contributed by atoms with van der Waals surface area (Å²) in [5.74, 6) is -1.77. The summed E-state index contributed by atoms with van der Waals surface area (Å²) in [5, 5.41) is 9.29. The highest BCUT2D eigenvalue weighted by Gasteiger charge is 2.32. The van der Waals surface area contributed by atoms with E-state index in [1.165, 1.54) is 4.90 Å². The van der Waals surface area contributed by atoms with Crippen LogP contribution in [0.25, 0.3) is 0 Å². The van der Waals surface area contributed by atoms with Gasteiger partial charge in [-0.25, -0.2) is 18.7 Å². The number of anilines is 1. The van der Waals surface area contributed by atoms with Crippen LogP contribution in [0.4, 0.5) is 14.7 Å². The summed E-state index contributed by atoms with van der Waals surface area (Å²) in [6, 6.07) is 2.22. The van der Waals surface area contributed by atoms with Gasteiger partial charge in [0.15, 0.2) is 0 Å². The zero-order valence-electron chi connectivity index (χ0n) is 19.8. The summed E-state index contributed by atoms with van der Waals surface area (Å²) in [6.45, 7) is 2.66. The third-order valence-electron chi connectivity index (χ3n) is 6.75. The number of likely N-dealkylation sites (tertiary alicyclic amines) is 1. The van der Waals surface area contributed by atoms with Crippen LogP contribution in [0, 0.1) is 23.5 Å². The maximum Gasteiger partial charge on any atom is 0.303 e. The van der Waals surface area contributed by atoms with E-state index in [4.69, 9.17) is 21.4 Å². The second-order valence-electron chi connectivity index (χ2n) is 9.43. The van der Waals surface area contributed by atoms with Crippen LogP contribution < -0.4 is 9.64 Å². The Morgan fingerprint density at radius 1 is 1.08 bits per heavy atom. The minimum atomic E-state index is -0.922. The lowest BCUT2D eigenvalue weighted by Crippen LogP contribution is -2.51. The van der Waals surface area contributed by atoms with E-state index in [2.05, 4.69) is 14.9 Å². The molecule has 36 heavy (non-hydrogen) atoms. The Hall–Kier alpha value is -3.01. The molecular weight excluding hydrogens is 494 g/mol. The first-order chi connectivity index (χ1) is 17.3. The van der Waals surface area contributed by atoms with Crippen LogP contribution in [0.1, 0.15) is 37.7 Å². The number of carboxylic acids is 1. The molecule has 2 aliphatic rings. The molecule has 0 radical (unpaired) electrons. The molecule has 0 bridgehead atoms. The van der Waals surface area contributed by atoms with Crippen molar-refractivity contribution in [1.82, 2.24) is 14.9 Å². The SMILES string of the molecule is O=C(O)CC1CN(C(=O)Cc2c(F)cc(OCCCC3CCN(c4ncc(Cl)cn4)CC3)cc2F)C1. The predicted octanol–water partition coefficient (Wildman–Crippen LogP) is 3.96. The van der Waals surface area contributed by atoms with Crippen LogP contribution >= 0.6 is 11.6 Å². The molecule has 1 aromatic carbocycles.